The first kappa shape index (κ1) is 12.5. The van der Waals surface area contributed by atoms with Crippen LogP contribution in [0.3, 0.4) is 0 Å². The molecule has 0 heterocycles. The van der Waals surface area contributed by atoms with Gasteiger partial charge in [-0.1, -0.05) is 22.9 Å². The lowest BCUT2D eigenvalue weighted by atomic mass is 10.1. The minimum Gasteiger partial charge on any atom is -0.496 e. The Labute approximate surface area is 100 Å². The van der Waals surface area contributed by atoms with E-state index in [9.17, 15) is 0 Å². The second-order valence-corrected chi connectivity index (χ2v) is 4.33. The summed E-state index contributed by atoms with van der Waals surface area (Å²) in [6, 6.07) is 6.14. The average Bonchev–Trinajstić information content (AvgIpc) is 2.25. The number of halogens is 1. The Kier molecular flexibility index (Phi) is 5.73. The van der Waals surface area contributed by atoms with Gasteiger partial charge < -0.3 is 10.1 Å². The third kappa shape index (κ3) is 4.22. The molecule has 0 aromatic heterocycles. The monoisotopic (exact) mass is 271 g/mol. The van der Waals surface area contributed by atoms with E-state index in [0.29, 0.717) is 0 Å². The zero-order valence-electron chi connectivity index (χ0n) is 9.35. The summed E-state index contributed by atoms with van der Waals surface area (Å²) < 4.78 is 6.43. The molecule has 0 amide bonds. The van der Waals surface area contributed by atoms with Crippen LogP contribution >= 0.6 is 15.9 Å². The van der Waals surface area contributed by atoms with E-state index in [1.807, 2.05) is 12.1 Å². The van der Waals surface area contributed by atoms with Gasteiger partial charge in [-0.2, -0.15) is 0 Å². The van der Waals surface area contributed by atoms with Gasteiger partial charge in [0.15, 0.2) is 0 Å². The minimum atomic E-state index is 0.981. The van der Waals surface area contributed by atoms with Crippen molar-refractivity contribution >= 4 is 15.9 Å². The fourth-order valence-corrected chi connectivity index (χ4v) is 1.93. The Morgan fingerprint density at radius 2 is 2.20 bits per heavy atom. The van der Waals surface area contributed by atoms with Gasteiger partial charge in [-0.3, -0.25) is 0 Å². The predicted octanol–water partition coefficient (Wildman–Crippen LogP) is 3.00. The maximum absolute atomic E-state index is 5.32. The fraction of sp³-hybridized carbons (Fsp3) is 0.500. The standard InChI is InChI=1S/C12H18BrNO/c1-3-14-8-4-5-10-9-11(13)6-7-12(10)15-2/h6-7,9,14H,3-5,8H2,1-2H3. The Hall–Kier alpha value is -0.540. The van der Waals surface area contributed by atoms with E-state index >= 15 is 0 Å². The van der Waals surface area contributed by atoms with E-state index in [-0.39, 0.29) is 0 Å². The number of rotatable bonds is 6. The first-order chi connectivity index (χ1) is 7.27. The molecule has 0 unspecified atom stereocenters. The first-order valence-electron chi connectivity index (χ1n) is 5.31. The summed E-state index contributed by atoms with van der Waals surface area (Å²) in [4.78, 5) is 0. The average molecular weight is 272 g/mol. The lowest BCUT2D eigenvalue weighted by molar-refractivity contribution is 0.409. The molecule has 1 aromatic carbocycles. The zero-order chi connectivity index (χ0) is 11.1. The van der Waals surface area contributed by atoms with Gasteiger partial charge in [0.25, 0.3) is 0 Å². The molecule has 0 bridgehead atoms. The molecule has 0 aliphatic heterocycles. The topological polar surface area (TPSA) is 21.3 Å². The minimum absolute atomic E-state index is 0.981. The molecule has 1 rings (SSSR count). The van der Waals surface area contributed by atoms with Crippen LogP contribution in [0.25, 0.3) is 0 Å². The number of benzene rings is 1. The van der Waals surface area contributed by atoms with Crippen LogP contribution in [0.2, 0.25) is 0 Å². The smallest absolute Gasteiger partial charge is 0.122 e. The van der Waals surface area contributed by atoms with Crippen molar-refractivity contribution < 1.29 is 4.74 Å². The van der Waals surface area contributed by atoms with Crippen molar-refractivity contribution in [2.45, 2.75) is 19.8 Å². The van der Waals surface area contributed by atoms with E-state index < -0.39 is 0 Å². The van der Waals surface area contributed by atoms with Gasteiger partial charge in [-0.25, -0.2) is 0 Å². The maximum atomic E-state index is 5.32. The van der Waals surface area contributed by atoms with Crippen molar-refractivity contribution in [3.8, 4) is 5.75 Å². The fourth-order valence-electron chi connectivity index (χ4n) is 1.52. The van der Waals surface area contributed by atoms with Crippen LogP contribution in [-0.2, 0) is 6.42 Å². The molecule has 2 nitrogen and oxygen atoms in total. The number of methoxy groups -OCH3 is 1. The Morgan fingerprint density at radius 3 is 2.87 bits per heavy atom. The molecule has 0 fully saturated rings. The Morgan fingerprint density at radius 1 is 1.40 bits per heavy atom. The van der Waals surface area contributed by atoms with E-state index in [1.165, 1.54) is 5.56 Å². The molecule has 84 valence electrons. The quantitative estimate of drug-likeness (QED) is 0.804. The van der Waals surface area contributed by atoms with Crippen LogP contribution in [0.5, 0.6) is 5.75 Å². The van der Waals surface area contributed by atoms with Crippen LogP contribution in [0, 0.1) is 0 Å². The van der Waals surface area contributed by atoms with Crippen LogP contribution in [0.4, 0.5) is 0 Å². The van der Waals surface area contributed by atoms with Gasteiger partial charge in [0.2, 0.25) is 0 Å². The summed E-state index contributed by atoms with van der Waals surface area (Å²) in [5.41, 5.74) is 1.27. The third-order valence-corrected chi connectivity index (χ3v) is 2.79. The number of nitrogens with one attached hydrogen (secondary N) is 1. The van der Waals surface area contributed by atoms with E-state index in [4.69, 9.17) is 4.74 Å². The first-order valence-corrected chi connectivity index (χ1v) is 6.10. The molecule has 0 radical (unpaired) electrons. The molecule has 3 heteroatoms. The van der Waals surface area contributed by atoms with E-state index in [0.717, 1.165) is 36.2 Å². The summed E-state index contributed by atoms with van der Waals surface area (Å²) >= 11 is 3.48. The van der Waals surface area contributed by atoms with Crippen LogP contribution in [-0.4, -0.2) is 20.2 Å². The SMILES string of the molecule is CCNCCCc1cc(Br)ccc1OC. The lowest BCUT2D eigenvalue weighted by Crippen LogP contribution is -2.14. The van der Waals surface area contributed by atoms with Crippen molar-refractivity contribution in [3.05, 3.63) is 28.2 Å². The molecular formula is C12H18BrNO. The molecule has 0 atom stereocenters. The highest BCUT2D eigenvalue weighted by Crippen LogP contribution is 2.23. The summed E-state index contributed by atoms with van der Waals surface area (Å²) in [6.45, 7) is 4.22. The summed E-state index contributed by atoms with van der Waals surface area (Å²) in [6.07, 6.45) is 2.19. The zero-order valence-corrected chi connectivity index (χ0v) is 10.9. The van der Waals surface area contributed by atoms with Crippen molar-refractivity contribution in [1.29, 1.82) is 0 Å². The summed E-state index contributed by atoms with van der Waals surface area (Å²) in [7, 11) is 1.72. The molecule has 1 aromatic rings. The lowest BCUT2D eigenvalue weighted by Gasteiger charge is -2.09. The van der Waals surface area contributed by atoms with Gasteiger partial charge in [-0.15, -0.1) is 0 Å². The normalized spacial score (nSPS) is 10.3. The highest BCUT2D eigenvalue weighted by Gasteiger charge is 2.02. The van der Waals surface area contributed by atoms with E-state index in [2.05, 4.69) is 34.2 Å². The van der Waals surface area contributed by atoms with E-state index in [1.54, 1.807) is 7.11 Å². The third-order valence-electron chi connectivity index (χ3n) is 2.29. The van der Waals surface area contributed by atoms with Gasteiger partial charge in [0.05, 0.1) is 7.11 Å². The molecule has 1 N–H and O–H groups in total. The second-order valence-electron chi connectivity index (χ2n) is 3.41. The highest BCUT2D eigenvalue weighted by atomic mass is 79.9. The van der Waals surface area contributed by atoms with Gasteiger partial charge in [0, 0.05) is 4.47 Å². The number of aryl methyl sites for hydroxylation is 1. The van der Waals surface area contributed by atoms with Crippen molar-refractivity contribution in [3.63, 3.8) is 0 Å². The van der Waals surface area contributed by atoms with Crippen molar-refractivity contribution in [2.75, 3.05) is 20.2 Å². The number of hydrogen-bond acceptors (Lipinski definition) is 2. The van der Waals surface area contributed by atoms with Crippen LogP contribution < -0.4 is 10.1 Å². The Bertz CT molecular complexity index is 302. The second kappa shape index (κ2) is 6.85. The molecule has 0 aliphatic rings. The van der Waals surface area contributed by atoms with Crippen LogP contribution in [0.1, 0.15) is 18.9 Å². The van der Waals surface area contributed by atoms with Gasteiger partial charge >= 0.3 is 0 Å². The van der Waals surface area contributed by atoms with Crippen molar-refractivity contribution in [2.24, 2.45) is 0 Å². The molecule has 15 heavy (non-hydrogen) atoms. The predicted molar refractivity (Wildman–Crippen MR) is 67.6 cm³/mol. The largest absolute Gasteiger partial charge is 0.496 e. The van der Waals surface area contributed by atoms with Crippen LogP contribution in [0.15, 0.2) is 22.7 Å². The molecule has 0 saturated carbocycles. The van der Waals surface area contributed by atoms with Gasteiger partial charge in [0.1, 0.15) is 5.75 Å². The molecule has 0 aliphatic carbocycles. The summed E-state index contributed by atoms with van der Waals surface area (Å²) in [5, 5.41) is 3.32. The van der Waals surface area contributed by atoms with Crippen molar-refractivity contribution in [1.82, 2.24) is 5.32 Å². The molecular weight excluding hydrogens is 254 g/mol. The molecule has 0 spiro atoms. The summed E-state index contributed by atoms with van der Waals surface area (Å²) in [5.74, 6) is 0.981. The maximum Gasteiger partial charge on any atom is 0.122 e. The highest BCUT2D eigenvalue weighted by molar-refractivity contribution is 9.10. The molecule has 0 saturated heterocycles. The Balaban J connectivity index is 2.54. The number of hydrogen-bond donors (Lipinski definition) is 1. The van der Waals surface area contributed by atoms with Gasteiger partial charge in [-0.05, 0) is 49.7 Å². The number of ether oxygens (including phenoxy) is 1.